The topological polar surface area (TPSA) is 53.9 Å². The summed E-state index contributed by atoms with van der Waals surface area (Å²) in [6.45, 7) is 4.22. The van der Waals surface area contributed by atoms with Crippen molar-refractivity contribution in [3.8, 4) is 0 Å². The Morgan fingerprint density at radius 2 is 2.19 bits per heavy atom. The number of rotatable bonds is 4. The van der Waals surface area contributed by atoms with Crippen LogP contribution in [0.4, 0.5) is 5.82 Å². The Kier molecular flexibility index (Phi) is 4.40. The normalized spacial score (nSPS) is 20.2. The molecular formula is C16H21N5. The molecule has 0 amide bonds. The van der Waals surface area contributed by atoms with E-state index in [1.807, 2.05) is 30.6 Å². The third-order valence-electron chi connectivity index (χ3n) is 3.97. The molecule has 1 saturated heterocycles. The van der Waals surface area contributed by atoms with Crippen molar-refractivity contribution in [1.29, 1.82) is 0 Å². The van der Waals surface area contributed by atoms with Gasteiger partial charge in [-0.1, -0.05) is 6.07 Å². The SMILES string of the molecule is C[C@H](N[C@H]1CCCN(c2cccnn2)C1)c1cccnc1. The second-order valence-corrected chi connectivity index (χ2v) is 5.54. The highest BCUT2D eigenvalue weighted by molar-refractivity contribution is 5.37. The summed E-state index contributed by atoms with van der Waals surface area (Å²) in [5.41, 5.74) is 1.23. The maximum Gasteiger partial charge on any atom is 0.151 e. The van der Waals surface area contributed by atoms with Gasteiger partial charge in [0.2, 0.25) is 0 Å². The van der Waals surface area contributed by atoms with Gasteiger partial charge in [0.25, 0.3) is 0 Å². The molecular weight excluding hydrogens is 262 g/mol. The number of aromatic nitrogens is 3. The maximum atomic E-state index is 4.21. The lowest BCUT2D eigenvalue weighted by Gasteiger charge is -2.35. The molecule has 110 valence electrons. The molecule has 21 heavy (non-hydrogen) atoms. The first-order valence-corrected chi connectivity index (χ1v) is 7.51. The van der Waals surface area contributed by atoms with E-state index in [9.17, 15) is 0 Å². The minimum absolute atomic E-state index is 0.311. The van der Waals surface area contributed by atoms with Crippen LogP contribution in [-0.2, 0) is 0 Å². The molecule has 2 atom stereocenters. The number of nitrogens with zero attached hydrogens (tertiary/aromatic N) is 4. The van der Waals surface area contributed by atoms with Gasteiger partial charge in [-0.15, -0.1) is 5.10 Å². The number of piperidine rings is 1. The minimum atomic E-state index is 0.311. The van der Waals surface area contributed by atoms with E-state index in [2.05, 4.69) is 38.4 Å². The summed E-state index contributed by atoms with van der Waals surface area (Å²) in [6, 6.07) is 8.85. The van der Waals surface area contributed by atoms with Crippen LogP contribution in [-0.4, -0.2) is 34.3 Å². The van der Waals surface area contributed by atoms with E-state index >= 15 is 0 Å². The van der Waals surface area contributed by atoms with Crippen molar-refractivity contribution in [3.05, 3.63) is 48.4 Å². The molecule has 0 saturated carbocycles. The van der Waals surface area contributed by atoms with Crippen LogP contribution in [0.15, 0.2) is 42.9 Å². The van der Waals surface area contributed by atoms with Crippen molar-refractivity contribution in [1.82, 2.24) is 20.5 Å². The summed E-state index contributed by atoms with van der Waals surface area (Å²) in [7, 11) is 0. The summed E-state index contributed by atoms with van der Waals surface area (Å²) < 4.78 is 0. The van der Waals surface area contributed by atoms with Crippen LogP contribution in [0.5, 0.6) is 0 Å². The molecule has 0 spiro atoms. The number of hydrogen-bond acceptors (Lipinski definition) is 5. The zero-order valence-electron chi connectivity index (χ0n) is 12.3. The summed E-state index contributed by atoms with van der Waals surface area (Å²) in [6.07, 6.45) is 7.83. The van der Waals surface area contributed by atoms with Crippen molar-refractivity contribution < 1.29 is 0 Å². The Labute approximate surface area is 125 Å². The third kappa shape index (κ3) is 3.55. The van der Waals surface area contributed by atoms with Crippen LogP contribution in [0, 0.1) is 0 Å². The van der Waals surface area contributed by atoms with Gasteiger partial charge < -0.3 is 10.2 Å². The molecule has 1 fully saturated rings. The monoisotopic (exact) mass is 283 g/mol. The van der Waals surface area contributed by atoms with E-state index in [4.69, 9.17) is 0 Å². The number of pyridine rings is 1. The summed E-state index contributed by atoms with van der Waals surface area (Å²) in [4.78, 5) is 6.50. The quantitative estimate of drug-likeness (QED) is 0.932. The first-order chi connectivity index (χ1) is 10.3. The van der Waals surface area contributed by atoms with Crippen molar-refractivity contribution in [2.24, 2.45) is 0 Å². The lowest BCUT2D eigenvalue weighted by atomic mass is 10.0. The lowest BCUT2D eigenvalue weighted by Crippen LogP contribution is -2.46. The van der Waals surface area contributed by atoms with Crippen LogP contribution < -0.4 is 10.2 Å². The molecule has 0 aliphatic carbocycles. The Bertz CT molecular complexity index is 543. The third-order valence-corrected chi connectivity index (χ3v) is 3.97. The van der Waals surface area contributed by atoms with Crippen molar-refractivity contribution in [2.45, 2.75) is 31.8 Å². The number of anilines is 1. The van der Waals surface area contributed by atoms with E-state index in [1.54, 1.807) is 6.20 Å². The van der Waals surface area contributed by atoms with Gasteiger partial charge in [0.1, 0.15) is 0 Å². The minimum Gasteiger partial charge on any atom is -0.354 e. The first-order valence-electron chi connectivity index (χ1n) is 7.51. The molecule has 5 heteroatoms. The largest absolute Gasteiger partial charge is 0.354 e. The van der Waals surface area contributed by atoms with Gasteiger partial charge in [0.05, 0.1) is 0 Å². The number of hydrogen-bond donors (Lipinski definition) is 1. The fourth-order valence-electron chi connectivity index (χ4n) is 2.87. The van der Waals surface area contributed by atoms with E-state index in [-0.39, 0.29) is 0 Å². The van der Waals surface area contributed by atoms with E-state index in [1.165, 1.54) is 18.4 Å². The Hall–Kier alpha value is -2.01. The highest BCUT2D eigenvalue weighted by atomic mass is 15.3. The molecule has 0 radical (unpaired) electrons. The molecule has 5 nitrogen and oxygen atoms in total. The van der Waals surface area contributed by atoms with Gasteiger partial charge in [-0.05, 0) is 43.5 Å². The van der Waals surface area contributed by atoms with E-state index < -0.39 is 0 Å². The van der Waals surface area contributed by atoms with Gasteiger partial charge in [-0.25, -0.2) is 0 Å². The highest BCUT2D eigenvalue weighted by Gasteiger charge is 2.22. The Morgan fingerprint density at radius 1 is 1.29 bits per heavy atom. The predicted molar refractivity (Wildman–Crippen MR) is 83.1 cm³/mol. The van der Waals surface area contributed by atoms with Crippen LogP contribution >= 0.6 is 0 Å². The molecule has 1 aliphatic rings. The van der Waals surface area contributed by atoms with Crippen molar-refractivity contribution >= 4 is 5.82 Å². The molecule has 3 rings (SSSR count). The summed E-state index contributed by atoms with van der Waals surface area (Å²) >= 11 is 0. The fourth-order valence-corrected chi connectivity index (χ4v) is 2.87. The van der Waals surface area contributed by atoms with E-state index in [0.717, 1.165) is 18.9 Å². The average Bonchev–Trinajstić information content (AvgIpc) is 2.57. The van der Waals surface area contributed by atoms with Crippen LogP contribution in [0.3, 0.4) is 0 Å². The van der Waals surface area contributed by atoms with Gasteiger partial charge >= 0.3 is 0 Å². The molecule has 1 N–H and O–H groups in total. The van der Waals surface area contributed by atoms with Gasteiger partial charge in [0, 0.05) is 43.8 Å². The molecule has 0 bridgehead atoms. The van der Waals surface area contributed by atoms with Crippen molar-refractivity contribution in [2.75, 3.05) is 18.0 Å². The second-order valence-electron chi connectivity index (χ2n) is 5.54. The molecule has 3 heterocycles. The smallest absolute Gasteiger partial charge is 0.151 e. The zero-order valence-corrected chi connectivity index (χ0v) is 12.3. The Morgan fingerprint density at radius 3 is 2.95 bits per heavy atom. The summed E-state index contributed by atoms with van der Waals surface area (Å²) in [5.74, 6) is 0.970. The molecule has 1 aliphatic heterocycles. The fraction of sp³-hybridized carbons (Fsp3) is 0.438. The van der Waals surface area contributed by atoms with Crippen LogP contribution in [0.1, 0.15) is 31.4 Å². The van der Waals surface area contributed by atoms with Crippen molar-refractivity contribution in [3.63, 3.8) is 0 Å². The molecule has 2 aromatic heterocycles. The first kappa shape index (κ1) is 13.9. The number of nitrogens with one attached hydrogen (secondary N) is 1. The highest BCUT2D eigenvalue weighted by Crippen LogP contribution is 2.19. The molecule has 2 aromatic rings. The van der Waals surface area contributed by atoms with Gasteiger partial charge in [-0.2, -0.15) is 5.10 Å². The van der Waals surface area contributed by atoms with Crippen LogP contribution in [0.25, 0.3) is 0 Å². The van der Waals surface area contributed by atoms with Gasteiger partial charge in [0.15, 0.2) is 5.82 Å². The summed E-state index contributed by atoms with van der Waals surface area (Å²) in [5, 5.41) is 11.9. The lowest BCUT2D eigenvalue weighted by molar-refractivity contribution is 0.386. The maximum absolute atomic E-state index is 4.21. The predicted octanol–water partition coefficient (Wildman–Crippen LogP) is 2.19. The Balaban J connectivity index is 1.61. The molecule has 0 aromatic carbocycles. The van der Waals surface area contributed by atoms with Crippen LogP contribution in [0.2, 0.25) is 0 Å². The average molecular weight is 283 g/mol. The van der Waals surface area contributed by atoms with Gasteiger partial charge in [-0.3, -0.25) is 4.98 Å². The zero-order chi connectivity index (χ0) is 14.5. The second kappa shape index (κ2) is 6.63. The molecule has 0 unspecified atom stereocenters. The van der Waals surface area contributed by atoms with E-state index in [0.29, 0.717) is 12.1 Å². The standard InChI is InChI=1S/C16H21N5/c1-13(14-5-2-8-17-11-14)19-15-6-4-10-21(12-15)16-7-3-9-18-20-16/h2-3,5,7-9,11,13,15,19H,4,6,10,12H2,1H3/t13-,15-/m0/s1.